The maximum atomic E-state index is 12.2. The number of rotatable bonds is 1. The predicted molar refractivity (Wildman–Crippen MR) is 36.7 cm³/mol. The van der Waals surface area contributed by atoms with Gasteiger partial charge in [0.05, 0.1) is 7.11 Å². The summed E-state index contributed by atoms with van der Waals surface area (Å²) in [6.45, 7) is 0. The molecule has 0 aromatic heterocycles. The van der Waals surface area contributed by atoms with E-state index in [1.807, 2.05) is 0 Å². The molecule has 0 bridgehead atoms. The number of hydrogen-bond donors (Lipinski definition) is 0. The molecule has 0 radical (unpaired) electrons. The number of alkyl halides is 3. The summed E-state index contributed by atoms with van der Waals surface area (Å²) in [7, 11) is -4.01. The van der Waals surface area contributed by atoms with Crippen molar-refractivity contribution < 1.29 is 39.5 Å². The molecule has 0 spiro atoms. The summed E-state index contributed by atoms with van der Waals surface area (Å²) >= 11 is 0. The van der Waals surface area contributed by atoms with Crippen LogP contribution in [0.1, 0.15) is 0 Å². The van der Waals surface area contributed by atoms with E-state index < -0.39 is 34.8 Å². The zero-order valence-corrected chi connectivity index (χ0v) is 7.96. The molecular formula is C5H5F3O6S. The van der Waals surface area contributed by atoms with Gasteiger partial charge >= 0.3 is 22.5 Å². The van der Waals surface area contributed by atoms with Gasteiger partial charge in [-0.05, 0) is 0 Å². The average molecular weight is 250 g/mol. The molecule has 0 aromatic carbocycles. The van der Waals surface area contributed by atoms with Crippen LogP contribution in [0, 0.1) is 0 Å². The minimum atomic E-state index is -5.04. The zero-order valence-electron chi connectivity index (χ0n) is 7.15. The number of ether oxygens (including phenoxy) is 1. The molecule has 1 fully saturated rings. The number of hydrogen-bond acceptors (Lipinski definition) is 6. The lowest BCUT2D eigenvalue weighted by atomic mass is 10.2. The average Bonchev–Trinajstić information content (AvgIpc) is 2.39. The lowest BCUT2D eigenvalue weighted by Gasteiger charge is -2.15. The molecule has 88 valence electrons. The molecule has 1 rings (SSSR count). The first-order valence-electron chi connectivity index (χ1n) is 3.43. The summed E-state index contributed by atoms with van der Waals surface area (Å²) < 4.78 is 69.0. The Labute approximate surface area is 82.2 Å². The van der Waals surface area contributed by atoms with Gasteiger partial charge in [0.25, 0.3) is 0 Å². The molecule has 1 saturated heterocycles. The molecule has 10 heteroatoms. The van der Waals surface area contributed by atoms with Gasteiger partial charge in [0.1, 0.15) is 0 Å². The van der Waals surface area contributed by atoms with E-state index in [-0.39, 0.29) is 0 Å². The van der Waals surface area contributed by atoms with Crippen LogP contribution in [0.5, 0.6) is 0 Å². The molecule has 0 N–H and O–H groups in total. The van der Waals surface area contributed by atoms with Crippen LogP contribution in [0.2, 0.25) is 0 Å². The van der Waals surface area contributed by atoms with E-state index in [2.05, 4.69) is 13.1 Å². The molecule has 15 heavy (non-hydrogen) atoms. The van der Waals surface area contributed by atoms with Crippen molar-refractivity contribution in [2.24, 2.45) is 0 Å². The smallest absolute Gasteiger partial charge is 0.419 e. The topological polar surface area (TPSA) is 78.9 Å². The van der Waals surface area contributed by atoms with Crippen LogP contribution in [0.25, 0.3) is 0 Å². The fourth-order valence-corrected chi connectivity index (χ4v) is 1.83. The molecule has 0 saturated carbocycles. The number of carbonyl (C=O) groups excluding carboxylic acids is 1. The van der Waals surface area contributed by atoms with E-state index in [4.69, 9.17) is 0 Å². The van der Waals surface area contributed by atoms with Crippen molar-refractivity contribution in [2.75, 3.05) is 7.11 Å². The Morgan fingerprint density at radius 3 is 2.27 bits per heavy atom. The summed E-state index contributed by atoms with van der Waals surface area (Å²) in [5.74, 6) is -1.47. The highest BCUT2D eigenvalue weighted by Crippen LogP contribution is 2.34. The van der Waals surface area contributed by atoms with Gasteiger partial charge in [-0.25, -0.2) is 13.2 Å². The first-order valence-corrected chi connectivity index (χ1v) is 4.77. The fourth-order valence-electron chi connectivity index (χ4n) is 0.883. The lowest BCUT2D eigenvalue weighted by Crippen LogP contribution is -2.42. The van der Waals surface area contributed by atoms with Crippen molar-refractivity contribution >= 4 is 16.4 Å². The third-order valence-electron chi connectivity index (χ3n) is 1.47. The Morgan fingerprint density at radius 1 is 1.33 bits per heavy atom. The monoisotopic (exact) mass is 250 g/mol. The largest absolute Gasteiger partial charge is 0.467 e. The van der Waals surface area contributed by atoms with Gasteiger partial charge in [0, 0.05) is 0 Å². The first kappa shape index (κ1) is 12.2. The lowest BCUT2D eigenvalue weighted by molar-refractivity contribution is -0.207. The second-order valence-corrected chi connectivity index (χ2v) is 3.71. The maximum absolute atomic E-state index is 12.2. The second-order valence-electron chi connectivity index (χ2n) is 2.51. The van der Waals surface area contributed by atoms with Crippen LogP contribution in [0.15, 0.2) is 0 Å². The highest BCUT2D eigenvalue weighted by molar-refractivity contribution is 7.82. The van der Waals surface area contributed by atoms with Crippen molar-refractivity contribution in [3.05, 3.63) is 0 Å². The molecule has 0 amide bonds. The Morgan fingerprint density at radius 2 is 1.87 bits per heavy atom. The number of halogens is 3. The molecule has 0 aliphatic carbocycles. The van der Waals surface area contributed by atoms with E-state index in [0.717, 1.165) is 7.11 Å². The van der Waals surface area contributed by atoms with Gasteiger partial charge in [0.2, 0.25) is 12.2 Å². The SMILES string of the molecule is COC(=O)C1OS(=O)(=O)OC1C(F)(F)F. The molecule has 1 aliphatic heterocycles. The summed E-state index contributed by atoms with van der Waals surface area (Å²) in [6.07, 6.45) is -10.3. The molecule has 2 atom stereocenters. The molecule has 1 aliphatic rings. The van der Waals surface area contributed by atoms with Crippen molar-refractivity contribution in [1.29, 1.82) is 0 Å². The molecular weight excluding hydrogens is 245 g/mol. The molecule has 2 unspecified atom stereocenters. The predicted octanol–water partition coefficient (Wildman–Crippen LogP) is -0.250. The van der Waals surface area contributed by atoms with E-state index in [1.54, 1.807) is 0 Å². The standard InChI is InChI=1S/C5H5F3O6S/c1-12-4(9)2-3(5(6,7)8)14-15(10,11)13-2/h2-3H,1H3. The maximum Gasteiger partial charge on any atom is 0.419 e. The highest BCUT2D eigenvalue weighted by atomic mass is 32.3. The minimum Gasteiger partial charge on any atom is -0.467 e. The van der Waals surface area contributed by atoms with Crippen LogP contribution in [-0.2, 0) is 28.3 Å². The van der Waals surface area contributed by atoms with Gasteiger partial charge < -0.3 is 4.74 Å². The summed E-state index contributed by atoms with van der Waals surface area (Å²) in [5, 5.41) is 0. The van der Waals surface area contributed by atoms with Gasteiger partial charge in [-0.3, -0.25) is 0 Å². The van der Waals surface area contributed by atoms with Crippen LogP contribution in [0.3, 0.4) is 0 Å². The summed E-state index contributed by atoms with van der Waals surface area (Å²) in [5.41, 5.74) is 0. The Balaban J connectivity index is 2.99. The Kier molecular flexibility index (Phi) is 2.94. The van der Waals surface area contributed by atoms with E-state index in [1.165, 1.54) is 0 Å². The quantitative estimate of drug-likeness (QED) is 0.597. The van der Waals surface area contributed by atoms with Gasteiger partial charge in [0.15, 0.2) is 0 Å². The minimum absolute atomic E-state index is 0.796. The third kappa shape index (κ3) is 2.58. The number of methoxy groups -OCH3 is 1. The van der Waals surface area contributed by atoms with Crippen molar-refractivity contribution in [2.45, 2.75) is 18.4 Å². The molecule has 6 nitrogen and oxygen atoms in total. The van der Waals surface area contributed by atoms with E-state index in [9.17, 15) is 26.4 Å². The van der Waals surface area contributed by atoms with Crippen LogP contribution < -0.4 is 0 Å². The zero-order chi connectivity index (χ0) is 11.9. The van der Waals surface area contributed by atoms with Crippen molar-refractivity contribution in [3.8, 4) is 0 Å². The Bertz CT molecular complexity index is 359. The summed E-state index contributed by atoms with van der Waals surface area (Å²) in [4.78, 5) is 10.8. The summed E-state index contributed by atoms with van der Waals surface area (Å²) in [6, 6.07) is 0. The second kappa shape index (κ2) is 3.61. The Hall–Kier alpha value is -0.870. The fraction of sp³-hybridized carbons (Fsp3) is 0.800. The number of esters is 1. The first-order chi connectivity index (χ1) is 6.67. The van der Waals surface area contributed by atoms with Gasteiger partial charge in [-0.15, -0.1) is 0 Å². The normalized spacial score (nSPS) is 30.1. The van der Waals surface area contributed by atoms with Gasteiger partial charge in [-0.1, -0.05) is 0 Å². The van der Waals surface area contributed by atoms with Gasteiger partial charge in [-0.2, -0.15) is 21.6 Å². The van der Waals surface area contributed by atoms with Crippen LogP contribution in [-0.4, -0.2) is 39.9 Å². The molecule has 1 heterocycles. The highest BCUT2D eigenvalue weighted by Gasteiger charge is 2.59. The van der Waals surface area contributed by atoms with Crippen molar-refractivity contribution in [3.63, 3.8) is 0 Å². The number of carbonyl (C=O) groups is 1. The third-order valence-corrected chi connectivity index (χ3v) is 2.36. The van der Waals surface area contributed by atoms with E-state index in [0.29, 0.717) is 0 Å². The van der Waals surface area contributed by atoms with Crippen LogP contribution in [0.4, 0.5) is 13.2 Å². The molecule has 0 aromatic rings. The van der Waals surface area contributed by atoms with Crippen molar-refractivity contribution in [1.82, 2.24) is 0 Å². The van der Waals surface area contributed by atoms with E-state index >= 15 is 0 Å². The van der Waals surface area contributed by atoms with Crippen LogP contribution >= 0.6 is 0 Å².